The maximum atomic E-state index is 13.1. The molecular formula is C16H28F3N. The molecule has 0 aromatic rings. The van der Waals surface area contributed by atoms with Crippen molar-refractivity contribution in [2.75, 3.05) is 0 Å². The number of halogens is 3. The predicted octanol–water partition coefficient (Wildman–Crippen LogP) is 5.06. The topological polar surface area (TPSA) is 12.0 Å². The summed E-state index contributed by atoms with van der Waals surface area (Å²) in [4.78, 5) is 0. The Bertz CT molecular complexity index is 282. The Morgan fingerprint density at radius 2 is 1.60 bits per heavy atom. The van der Waals surface area contributed by atoms with Gasteiger partial charge in [0.05, 0.1) is 5.92 Å². The molecule has 0 aliphatic heterocycles. The van der Waals surface area contributed by atoms with E-state index in [1.165, 1.54) is 25.7 Å². The number of nitrogens with one attached hydrogen (secondary N) is 1. The van der Waals surface area contributed by atoms with Crippen molar-refractivity contribution in [3.8, 4) is 0 Å². The first kappa shape index (κ1) is 16.1. The highest BCUT2D eigenvalue weighted by molar-refractivity contribution is 4.89. The molecule has 2 rings (SSSR count). The summed E-state index contributed by atoms with van der Waals surface area (Å²) < 4.78 is 39.2. The molecule has 0 saturated heterocycles. The van der Waals surface area contributed by atoms with Gasteiger partial charge in [-0.2, -0.15) is 13.2 Å². The molecule has 1 nitrogen and oxygen atoms in total. The van der Waals surface area contributed by atoms with Crippen molar-refractivity contribution in [3.05, 3.63) is 0 Å². The Morgan fingerprint density at radius 1 is 0.950 bits per heavy atom. The Kier molecular flexibility index (Phi) is 5.76. The first-order valence-electron chi connectivity index (χ1n) is 8.33. The van der Waals surface area contributed by atoms with E-state index in [1.54, 1.807) is 0 Å². The molecule has 0 amide bonds. The van der Waals surface area contributed by atoms with E-state index in [2.05, 4.69) is 12.2 Å². The molecular weight excluding hydrogens is 263 g/mol. The molecule has 2 atom stereocenters. The van der Waals surface area contributed by atoms with Gasteiger partial charge in [-0.3, -0.25) is 0 Å². The molecule has 2 aliphatic rings. The van der Waals surface area contributed by atoms with Gasteiger partial charge in [0, 0.05) is 12.1 Å². The standard InChI is InChI=1S/C16H28F3N/c1-2-5-12-8-10-13(11-9-12)20-15-7-4-3-6-14(15)16(17,18)19/h12-15,20H,2-11H2,1H3. The summed E-state index contributed by atoms with van der Waals surface area (Å²) in [5.74, 6) is -0.313. The van der Waals surface area contributed by atoms with Gasteiger partial charge in [0.1, 0.15) is 0 Å². The van der Waals surface area contributed by atoms with E-state index in [9.17, 15) is 13.2 Å². The molecule has 2 saturated carbocycles. The molecule has 0 radical (unpaired) electrons. The number of hydrogen-bond donors (Lipinski definition) is 1. The van der Waals surface area contributed by atoms with Gasteiger partial charge in [0.15, 0.2) is 0 Å². The molecule has 118 valence electrons. The summed E-state index contributed by atoms with van der Waals surface area (Å²) in [6, 6.07) is -0.0208. The molecule has 20 heavy (non-hydrogen) atoms. The van der Waals surface area contributed by atoms with Crippen LogP contribution in [0.3, 0.4) is 0 Å². The highest BCUT2D eigenvalue weighted by Gasteiger charge is 2.45. The second-order valence-electron chi connectivity index (χ2n) is 6.71. The zero-order valence-corrected chi connectivity index (χ0v) is 12.5. The minimum Gasteiger partial charge on any atom is -0.311 e. The zero-order chi connectivity index (χ0) is 14.6. The van der Waals surface area contributed by atoms with E-state index in [0.29, 0.717) is 18.9 Å². The van der Waals surface area contributed by atoms with Gasteiger partial charge in [-0.05, 0) is 44.4 Å². The van der Waals surface area contributed by atoms with Crippen molar-refractivity contribution in [3.63, 3.8) is 0 Å². The number of rotatable bonds is 4. The fourth-order valence-electron chi connectivity index (χ4n) is 4.05. The molecule has 2 fully saturated rings. The van der Waals surface area contributed by atoms with Crippen LogP contribution in [0.25, 0.3) is 0 Å². The van der Waals surface area contributed by atoms with Gasteiger partial charge in [-0.1, -0.05) is 32.6 Å². The van der Waals surface area contributed by atoms with Crippen LogP contribution < -0.4 is 5.32 Å². The first-order valence-corrected chi connectivity index (χ1v) is 8.33. The summed E-state index contributed by atoms with van der Waals surface area (Å²) in [6.07, 6.45) is 5.65. The average Bonchev–Trinajstić information content (AvgIpc) is 2.41. The predicted molar refractivity (Wildman–Crippen MR) is 75.6 cm³/mol. The van der Waals surface area contributed by atoms with E-state index in [-0.39, 0.29) is 6.04 Å². The quantitative estimate of drug-likeness (QED) is 0.763. The molecule has 0 heterocycles. The Balaban J connectivity index is 1.83. The lowest BCUT2D eigenvalue weighted by atomic mass is 9.80. The second-order valence-corrected chi connectivity index (χ2v) is 6.71. The molecule has 4 heteroatoms. The third-order valence-electron chi connectivity index (χ3n) is 5.18. The lowest BCUT2D eigenvalue weighted by molar-refractivity contribution is -0.189. The highest BCUT2D eigenvalue weighted by Crippen LogP contribution is 2.38. The molecule has 0 aromatic carbocycles. The van der Waals surface area contributed by atoms with Gasteiger partial charge in [-0.15, -0.1) is 0 Å². The summed E-state index contributed by atoms with van der Waals surface area (Å²) >= 11 is 0. The fourth-order valence-corrected chi connectivity index (χ4v) is 4.05. The van der Waals surface area contributed by atoms with Gasteiger partial charge >= 0.3 is 6.18 Å². The number of alkyl halides is 3. The Hall–Kier alpha value is -0.250. The Morgan fingerprint density at radius 3 is 2.20 bits per heavy atom. The Labute approximate surface area is 120 Å². The van der Waals surface area contributed by atoms with Crippen LogP contribution in [0.1, 0.15) is 71.1 Å². The summed E-state index contributed by atoms with van der Waals surface area (Å²) in [5.41, 5.74) is 0. The highest BCUT2D eigenvalue weighted by atomic mass is 19.4. The van der Waals surface area contributed by atoms with Crippen LogP contribution in [0.4, 0.5) is 13.2 Å². The van der Waals surface area contributed by atoms with E-state index in [0.717, 1.165) is 31.6 Å². The van der Waals surface area contributed by atoms with Gasteiger partial charge in [-0.25, -0.2) is 0 Å². The second kappa shape index (κ2) is 7.15. The maximum absolute atomic E-state index is 13.1. The van der Waals surface area contributed by atoms with Crippen LogP contribution >= 0.6 is 0 Å². The van der Waals surface area contributed by atoms with Crippen molar-refractivity contribution < 1.29 is 13.2 Å². The average molecular weight is 291 g/mol. The molecule has 2 aliphatic carbocycles. The van der Waals surface area contributed by atoms with Gasteiger partial charge in [0.2, 0.25) is 0 Å². The molecule has 0 aromatic heterocycles. The van der Waals surface area contributed by atoms with Gasteiger partial charge in [0.25, 0.3) is 0 Å². The zero-order valence-electron chi connectivity index (χ0n) is 12.5. The lowest BCUT2D eigenvalue weighted by Crippen LogP contribution is -2.50. The van der Waals surface area contributed by atoms with E-state index in [1.807, 2.05) is 0 Å². The van der Waals surface area contributed by atoms with Crippen LogP contribution in [0.5, 0.6) is 0 Å². The maximum Gasteiger partial charge on any atom is 0.393 e. The molecule has 2 unspecified atom stereocenters. The van der Waals surface area contributed by atoms with E-state index < -0.39 is 12.1 Å². The van der Waals surface area contributed by atoms with Crippen LogP contribution in [0.15, 0.2) is 0 Å². The van der Waals surface area contributed by atoms with Crippen molar-refractivity contribution in [2.24, 2.45) is 11.8 Å². The van der Waals surface area contributed by atoms with Crippen molar-refractivity contribution in [1.82, 2.24) is 5.32 Å². The molecule has 0 spiro atoms. The van der Waals surface area contributed by atoms with Crippen molar-refractivity contribution >= 4 is 0 Å². The smallest absolute Gasteiger partial charge is 0.311 e. The van der Waals surface area contributed by atoms with Crippen LogP contribution in [-0.4, -0.2) is 18.3 Å². The summed E-state index contributed by atoms with van der Waals surface area (Å²) in [7, 11) is 0. The van der Waals surface area contributed by atoms with Crippen LogP contribution in [0.2, 0.25) is 0 Å². The minimum absolute atomic E-state index is 0.312. The monoisotopic (exact) mass is 291 g/mol. The minimum atomic E-state index is -4.03. The summed E-state index contributed by atoms with van der Waals surface area (Å²) in [6.45, 7) is 2.21. The third kappa shape index (κ3) is 4.37. The fraction of sp³-hybridized carbons (Fsp3) is 1.00. The molecule has 0 bridgehead atoms. The largest absolute Gasteiger partial charge is 0.393 e. The van der Waals surface area contributed by atoms with Crippen LogP contribution in [0, 0.1) is 11.8 Å². The van der Waals surface area contributed by atoms with E-state index >= 15 is 0 Å². The lowest BCUT2D eigenvalue weighted by Gasteiger charge is -2.38. The van der Waals surface area contributed by atoms with Crippen molar-refractivity contribution in [1.29, 1.82) is 0 Å². The van der Waals surface area contributed by atoms with Crippen LogP contribution in [-0.2, 0) is 0 Å². The summed E-state index contributed by atoms with van der Waals surface area (Å²) in [5, 5.41) is 3.36. The van der Waals surface area contributed by atoms with Gasteiger partial charge < -0.3 is 5.32 Å². The van der Waals surface area contributed by atoms with E-state index in [4.69, 9.17) is 0 Å². The number of hydrogen-bond acceptors (Lipinski definition) is 1. The molecule has 1 N–H and O–H groups in total. The third-order valence-corrected chi connectivity index (χ3v) is 5.18. The first-order chi connectivity index (χ1) is 9.50. The van der Waals surface area contributed by atoms with Crippen molar-refractivity contribution in [2.45, 2.75) is 89.4 Å². The SMILES string of the molecule is CCCC1CCC(NC2CCCCC2C(F)(F)F)CC1. The normalized spacial score (nSPS) is 36.0.